The van der Waals surface area contributed by atoms with Crippen LogP contribution in [-0.4, -0.2) is 31.6 Å². The molecule has 1 aromatic heterocycles. The van der Waals surface area contributed by atoms with Gasteiger partial charge in [-0.05, 0) is 30.0 Å². The average molecular weight is 375 g/mol. The zero-order valence-electron chi connectivity index (χ0n) is 12.1. The minimum atomic E-state index is -4.17. The van der Waals surface area contributed by atoms with E-state index in [2.05, 4.69) is 0 Å². The van der Waals surface area contributed by atoms with Crippen LogP contribution in [-0.2, 0) is 10.0 Å². The maximum absolute atomic E-state index is 13.9. The lowest BCUT2D eigenvalue weighted by atomic mass is 10.2. The summed E-state index contributed by atoms with van der Waals surface area (Å²) in [6.07, 6.45) is 0.625. The molecule has 1 aliphatic heterocycles. The Kier molecular flexibility index (Phi) is 5.05. The van der Waals surface area contributed by atoms with Crippen molar-refractivity contribution >= 4 is 33.1 Å². The van der Waals surface area contributed by atoms with Gasteiger partial charge >= 0.3 is 0 Å². The predicted octanol–water partition coefficient (Wildman–Crippen LogP) is 3.90. The third-order valence-corrected chi connectivity index (χ3v) is 8.07. The zero-order valence-corrected chi connectivity index (χ0v) is 14.6. The molecule has 0 N–H and O–H groups in total. The van der Waals surface area contributed by atoms with E-state index in [4.69, 9.17) is 0 Å². The Morgan fingerprint density at radius 3 is 2.48 bits per heavy atom. The number of hydrogen-bond donors (Lipinski definition) is 0. The van der Waals surface area contributed by atoms with E-state index in [0.717, 1.165) is 18.2 Å². The van der Waals surface area contributed by atoms with Gasteiger partial charge in [-0.15, -0.1) is 11.3 Å². The quantitative estimate of drug-likeness (QED) is 0.817. The van der Waals surface area contributed by atoms with Crippen molar-refractivity contribution in [2.75, 3.05) is 18.8 Å². The molecular weight excluding hydrogens is 360 g/mol. The Hall–Kier alpha value is -0.960. The van der Waals surface area contributed by atoms with Crippen LogP contribution in [0.4, 0.5) is 8.78 Å². The predicted molar refractivity (Wildman–Crippen MR) is 89.3 cm³/mol. The number of nitrogens with zero attached hydrogens (tertiary/aromatic N) is 1. The van der Waals surface area contributed by atoms with Crippen molar-refractivity contribution in [3.63, 3.8) is 0 Å². The first-order chi connectivity index (χ1) is 11.0. The third kappa shape index (κ3) is 3.45. The molecule has 0 saturated carbocycles. The van der Waals surface area contributed by atoms with Crippen LogP contribution in [0.25, 0.3) is 0 Å². The second-order valence-corrected chi connectivity index (χ2v) is 9.28. The van der Waals surface area contributed by atoms with Crippen LogP contribution in [0.3, 0.4) is 0 Å². The number of thiophene rings is 1. The summed E-state index contributed by atoms with van der Waals surface area (Å²) in [4.78, 5) is 0.353. The molecule has 3 rings (SSSR count). The van der Waals surface area contributed by atoms with E-state index < -0.39 is 26.6 Å². The van der Waals surface area contributed by atoms with E-state index in [0.29, 0.717) is 12.2 Å². The molecule has 0 amide bonds. The highest BCUT2D eigenvalue weighted by atomic mass is 32.2. The maximum Gasteiger partial charge on any atom is 0.248 e. The Bertz CT molecular complexity index is 758. The molecule has 8 heteroatoms. The summed E-state index contributed by atoms with van der Waals surface area (Å²) >= 11 is 3.32. The third-order valence-electron chi connectivity index (χ3n) is 3.68. The van der Waals surface area contributed by atoms with Crippen LogP contribution >= 0.6 is 23.1 Å². The van der Waals surface area contributed by atoms with Crippen molar-refractivity contribution in [3.05, 3.63) is 52.2 Å². The summed E-state index contributed by atoms with van der Waals surface area (Å²) in [5, 5.41) is 2.21. The molecule has 124 valence electrons. The van der Waals surface area contributed by atoms with Crippen LogP contribution < -0.4 is 0 Å². The zero-order chi connectivity index (χ0) is 16.4. The van der Waals surface area contributed by atoms with Crippen LogP contribution in [0, 0.1) is 11.6 Å². The molecule has 0 aliphatic carbocycles. The van der Waals surface area contributed by atoms with Gasteiger partial charge in [0.2, 0.25) is 10.0 Å². The first-order valence-electron chi connectivity index (χ1n) is 7.09. The van der Waals surface area contributed by atoms with Crippen LogP contribution in [0.2, 0.25) is 0 Å². The number of sulfonamides is 1. The summed E-state index contributed by atoms with van der Waals surface area (Å²) in [5.41, 5.74) is 0. The largest absolute Gasteiger partial charge is 0.248 e. The number of hydrogen-bond acceptors (Lipinski definition) is 4. The molecule has 1 aliphatic rings. The molecule has 1 saturated heterocycles. The molecule has 1 unspecified atom stereocenters. The standard InChI is InChI=1S/C15H15F2NO2S3/c16-11-3-1-4-12(17)15(11)23(19,20)18-7-6-14(22-10-8-18)13-5-2-9-21-13/h1-5,9,14H,6-8,10H2. The van der Waals surface area contributed by atoms with Gasteiger partial charge < -0.3 is 0 Å². The van der Waals surface area contributed by atoms with Gasteiger partial charge in [-0.25, -0.2) is 17.2 Å². The summed E-state index contributed by atoms with van der Waals surface area (Å²) in [6, 6.07) is 7.10. The molecule has 0 bridgehead atoms. The number of halogens is 2. The van der Waals surface area contributed by atoms with Crippen molar-refractivity contribution in [2.24, 2.45) is 0 Å². The van der Waals surface area contributed by atoms with Crippen molar-refractivity contribution in [1.82, 2.24) is 4.31 Å². The Morgan fingerprint density at radius 2 is 1.83 bits per heavy atom. The number of rotatable bonds is 3. The van der Waals surface area contributed by atoms with Crippen molar-refractivity contribution < 1.29 is 17.2 Å². The lowest BCUT2D eigenvalue weighted by Crippen LogP contribution is -2.34. The fourth-order valence-corrected chi connectivity index (χ4v) is 6.47. The fourth-order valence-electron chi connectivity index (χ4n) is 2.55. The fraction of sp³-hybridized carbons (Fsp3) is 0.333. The SMILES string of the molecule is O=S(=O)(c1c(F)cccc1F)N1CCSC(c2cccs2)CC1. The van der Waals surface area contributed by atoms with Crippen molar-refractivity contribution in [2.45, 2.75) is 16.6 Å². The Labute approximate surface area is 142 Å². The highest BCUT2D eigenvalue weighted by Crippen LogP contribution is 2.38. The minimum Gasteiger partial charge on any atom is -0.207 e. The van der Waals surface area contributed by atoms with Gasteiger partial charge in [-0.3, -0.25) is 0 Å². The molecule has 1 aromatic carbocycles. The highest BCUT2D eigenvalue weighted by molar-refractivity contribution is 7.99. The lowest BCUT2D eigenvalue weighted by molar-refractivity contribution is 0.417. The topological polar surface area (TPSA) is 37.4 Å². The number of thioether (sulfide) groups is 1. The normalized spacial score (nSPS) is 20.3. The van der Waals surface area contributed by atoms with Crippen LogP contribution in [0.15, 0.2) is 40.6 Å². The molecule has 2 aromatic rings. The molecular formula is C15H15F2NO2S3. The Balaban J connectivity index is 1.84. The second-order valence-electron chi connectivity index (χ2n) is 5.12. The van der Waals surface area contributed by atoms with Gasteiger partial charge in [-0.2, -0.15) is 16.1 Å². The monoisotopic (exact) mass is 375 g/mol. The summed E-state index contributed by atoms with van der Waals surface area (Å²) < 4.78 is 54.1. The summed E-state index contributed by atoms with van der Waals surface area (Å²) in [5.74, 6) is -1.49. The first-order valence-corrected chi connectivity index (χ1v) is 10.5. The van der Waals surface area contributed by atoms with Gasteiger partial charge in [0.25, 0.3) is 0 Å². The summed E-state index contributed by atoms with van der Waals surface area (Å²) in [6.45, 7) is 0.508. The lowest BCUT2D eigenvalue weighted by Gasteiger charge is -2.20. The molecule has 0 radical (unpaired) electrons. The van der Waals surface area contributed by atoms with Gasteiger partial charge in [0.15, 0.2) is 4.90 Å². The van der Waals surface area contributed by atoms with Gasteiger partial charge in [0.1, 0.15) is 11.6 Å². The van der Waals surface area contributed by atoms with Crippen LogP contribution in [0.5, 0.6) is 0 Å². The van der Waals surface area contributed by atoms with E-state index in [1.54, 1.807) is 23.1 Å². The molecule has 1 fully saturated rings. The van der Waals surface area contributed by atoms with E-state index in [1.165, 1.54) is 9.18 Å². The molecule has 0 spiro atoms. The number of benzene rings is 1. The van der Waals surface area contributed by atoms with Crippen LogP contribution in [0.1, 0.15) is 16.5 Å². The van der Waals surface area contributed by atoms with Gasteiger partial charge in [0.05, 0.1) is 0 Å². The van der Waals surface area contributed by atoms with Gasteiger partial charge in [0, 0.05) is 29.0 Å². The Morgan fingerprint density at radius 1 is 1.09 bits per heavy atom. The molecule has 2 heterocycles. The van der Waals surface area contributed by atoms with E-state index >= 15 is 0 Å². The minimum absolute atomic E-state index is 0.223. The van der Waals surface area contributed by atoms with Crippen molar-refractivity contribution in [1.29, 1.82) is 0 Å². The smallest absolute Gasteiger partial charge is 0.207 e. The van der Waals surface area contributed by atoms with E-state index in [1.807, 2.05) is 17.5 Å². The van der Waals surface area contributed by atoms with Crippen molar-refractivity contribution in [3.8, 4) is 0 Å². The molecule has 1 atom stereocenters. The van der Waals surface area contributed by atoms with E-state index in [9.17, 15) is 17.2 Å². The molecule has 23 heavy (non-hydrogen) atoms. The second kappa shape index (κ2) is 6.88. The summed E-state index contributed by atoms with van der Waals surface area (Å²) in [7, 11) is -4.17. The maximum atomic E-state index is 13.9. The van der Waals surface area contributed by atoms with Gasteiger partial charge in [-0.1, -0.05) is 12.1 Å². The average Bonchev–Trinajstić information content (AvgIpc) is 2.91. The first kappa shape index (κ1) is 16.9. The van der Waals surface area contributed by atoms with E-state index in [-0.39, 0.29) is 18.3 Å². The highest BCUT2D eigenvalue weighted by Gasteiger charge is 2.32. The molecule has 3 nitrogen and oxygen atoms in total.